The highest BCUT2D eigenvalue weighted by Crippen LogP contribution is 2.29. The van der Waals surface area contributed by atoms with Crippen LogP contribution in [0.1, 0.15) is 48.8 Å². The summed E-state index contributed by atoms with van der Waals surface area (Å²) in [6, 6.07) is 6.34. The molecule has 4 rings (SSSR count). The average molecular weight is 407 g/mol. The van der Waals surface area contributed by atoms with Crippen LogP contribution in [0.5, 0.6) is 5.88 Å². The van der Waals surface area contributed by atoms with Gasteiger partial charge < -0.3 is 14.6 Å². The minimum absolute atomic E-state index is 0.722. The molecule has 0 unspecified atom stereocenters. The first kappa shape index (κ1) is 20.9. The number of nitrogens with one attached hydrogen (secondary N) is 1. The molecule has 1 saturated heterocycles. The summed E-state index contributed by atoms with van der Waals surface area (Å²) < 4.78 is 6.06. The molecule has 160 valence electrons. The lowest BCUT2D eigenvalue weighted by atomic mass is 9.92. The van der Waals surface area contributed by atoms with E-state index in [-0.39, 0.29) is 0 Å². The average Bonchev–Trinajstić information content (AvgIpc) is 3.14. The van der Waals surface area contributed by atoms with Gasteiger partial charge in [0, 0.05) is 17.3 Å². The third-order valence-electron chi connectivity index (χ3n) is 6.42. The molecule has 5 heteroatoms. The van der Waals surface area contributed by atoms with E-state index in [1.54, 1.807) is 0 Å². The van der Waals surface area contributed by atoms with Gasteiger partial charge in [0.15, 0.2) is 0 Å². The number of piperidine rings is 1. The number of hydrogen-bond donors (Lipinski definition) is 1. The lowest BCUT2D eigenvalue weighted by Crippen LogP contribution is -2.30. The van der Waals surface area contributed by atoms with E-state index in [4.69, 9.17) is 9.72 Å². The van der Waals surface area contributed by atoms with Crippen molar-refractivity contribution in [1.29, 1.82) is 0 Å². The fourth-order valence-corrected chi connectivity index (χ4v) is 4.57. The number of H-pyrrole nitrogens is 1. The van der Waals surface area contributed by atoms with Crippen molar-refractivity contribution in [2.75, 3.05) is 26.7 Å². The number of pyridine rings is 1. The number of imidazole rings is 1. The molecule has 1 fully saturated rings. The quantitative estimate of drug-likeness (QED) is 0.531. The maximum absolute atomic E-state index is 6.06. The van der Waals surface area contributed by atoms with E-state index < -0.39 is 0 Å². The summed E-state index contributed by atoms with van der Waals surface area (Å²) in [4.78, 5) is 15.2. The molecule has 5 nitrogen and oxygen atoms in total. The number of aromatic amines is 1. The number of likely N-dealkylation sites (tertiary alicyclic amines) is 1. The monoisotopic (exact) mass is 406 g/mol. The van der Waals surface area contributed by atoms with Gasteiger partial charge in [-0.05, 0) is 95.8 Å². The molecule has 3 aromatic rings. The number of unbranched alkanes of at least 4 members (excludes halogenated alkanes) is 1. The Balaban J connectivity index is 1.37. The minimum Gasteiger partial charge on any atom is -0.477 e. The molecule has 3 heterocycles. The Labute approximate surface area is 179 Å². The number of fused-ring (bicyclic) bond motifs is 1. The highest BCUT2D eigenvalue weighted by Gasteiger charge is 2.16. The molecule has 0 radical (unpaired) electrons. The van der Waals surface area contributed by atoms with Crippen LogP contribution in [0.15, 0.2) is 24.4 Å². The lowest BCUT2D eigenvalue weighted by Gasteiger charge is -2.28. The van der Waals surface area contributed by atoms with Gasteiger partial charge in [0.25, 0.3) is 0 Å². The van der Waals surface area contributed by atoms with Crippen LogP contribution in [-0.2, 0) is 0 Å². The Kier molecular flexibility index (Phi) is 6.38. The van der Waals surface area contributed by atoms with Gasteiger partial charge in [0.05, 0.1) is 17.6 Å². The Bertz CT molecular complexity index is 1000. The van der Waals surface area contributed by atoms with Gasteiger partial charge in [-0.2, -0.15) is 0 Å². The second-order valence-electron chi connectivity index (χ2n) is 8.94. The van der Waals surface area contributed by atoms with Gasteiger partial charge in [0.1, 0.15) is 5.82 Å². The van der Waals surface area contributed by atoms with Crippen molar-refractivity contribution in [1.82, 2.24) is 19.9 Å². The number of aromatic nitrogens is 3. The van der Waals surface area contributed by atoms with Crippen LogP contribution in [0.25, 0.3) is 22.4 Å². The zero-order valence-corrected chi connectivity index (χ0v) is 18.8. The normalized spacial score (nSPS) is 15.7. The Hall–Kier alpha value is -2.40. The SMILES string of the molecule is Cc1cc(C)c2nc(-c3ccnc(OCCCCC4CCN(C)CC4)c3C)[nH]c2c1. The summed E-state index contributed by atoms with van der Waals surface area (Å²) in [5.74, 6) is 2.50. The van der Waals surface area contributed by atoms with Crippen LogP contribution < -0.4 is 4.74 Å². The zero-order chi connectivity index (χ0) is 21.1. The highest BCUT2D eigenvalue weighted by atomic mass is 16.5. The standard InChI is InChI=1S/C25H34N4O/c1-17-15-18(2)23-22(16-17)27-24(28-23)21-8-11-26-25(19(21)3)30-14-6-5-7-20-9-12-29(4)13-10-20/h8,11,15-16,20H,5-7,9-10,12-14H2,1-4H3,(H,27,28). The van der Waals surface area contributed by atoms with Crippen molar-refractivity contribution < 1.29 is 4.74 Å². The van der Waals surface area contributed by atoms with Gasteiger partial charge >= 0.3 is 0 Å². The third-order valence-corrected chi connectivity index (χ3v) is 6.42. The first-order valence-electron chi connectivity index (χ1n) is 11.3. The topological polar surface area (TPSA) is 54.0 Å². The predicted octanol–water partition coefficient (Wildman–Crippen LogP) is 5.44. The van der Waals surface area contributed by atoms with E-state index in [0.717, 1.165) is 52.8 Å². The van der Waals surface area contributed by atoms with Crippen molar-refractivity contribution in [2.24, 2.45) is 5.92 Å². The number of ether oxygens (including phenoxy) is 1. The molecule has 1 aliphatic rings. The van der Waals surface area contributed by atoms with Gasteiger partial charge in [-0.25, -0.2) is 9.97 Å². The maximum atomic E-state index is 6.06. The van der Waals surface area contributed by atoms with E-state index in [1.165, 1.54) is 49.9 Å². The number of aryl methyl sites for hydroxylation is 2. The summed E-state index contributed by atoms with van der Waals surface area (Å²) in [5, 5.41) is 0. The first-order valence-corrected chi connectivity index (χ1v) is 11.3. The van der Waals surface area contributed by atoms with Gasteiger partial charge in [0.2, 0.25) is 5.88 Å². The number of hydrogen-bond acceptors (Lipinski definition) is 4. The fraction of sp³-hybridized carbons (Fsp3) is 0.520. The summed E-state index contributed by atoms with van der Waals surface area (Å²) >= 11 is 0. The predicted molar refractivity (Wildman–Crippen MR) is 123 cm³/mol. The Morgan fingerprint density at radius 3 is 2.73 bits per heavy atom. The van der Waals surface area contributed by atoms with Crippen LogP contribution in [-0.4, -0.2) is 46.6 Å². The van der Waals surface area contributed by atoms with Crippen molar-refractivity contribution in [3.63, 3.8) is 0 Å². The van der Waals surface area contributed by atoms with Crippen molar-refractivity contribution in [3.8, 4) is 17.3 Å². The summed E-state index contributed by atoms with van der Waals surface area (Å²) in [6.07, 6.45) is 8.14. The van der Waals surface area contributed by atoms with Crippen molar-refractivity contribution in [3.05, 3.63) is 41.1 Å². The molecule has 1 N–H and O–H groups in total. The second kappa shape index (κ2) is 9.17. The lowest BCUT2D eigenvalue weighted by molar-refractivity contribution is 0.205. The largest absolute Gasteiger partial charge is 0.477 e. The van der Waals surface area contributed by atoms with Crippen LogP contribution in [0.3, 0.4) is 0 Å². The number of rotatable bonds is 7. The maximum Gasteiger partial charge on any atom is 0.216 e. The molecule has 0 saturated carbocycles. The molecule has 1 aromatic carbocycles. The third kappa shape index (κ3) is 4.67. The van der Waals surface area contributed by atoms with E-state index in [2.05, 4.69) is 54.8 Å². The van der Waals surface area contributed by atoms with Gasteiger partial charge in [-0.1, -0.05) is 12.5 Å². The molecule has 0 bridgehead atoms. The van der Waals surface area contributed by atoms with E-state index in [9.17, 15) is 0 Å². The molecule has 0 spiro atoms. The summed E-state index contributed by atoms with van der Waals surface area (Å²) in [5.41, 5.74) is 6.64. The molecular weight excluding hydrogens is 372 g/mol. The molecule has 0 atom stereocenters. The summed E-state index contributed by atoms with van der Waals surface area (Å²) in [7, 11) is 2.22. The molecule has 0 amide bonds. The molecular formula is C25H34N4O. The van der Waals surface area contributed by atoms with Gasteiger partial charge in [-0.3, -0.25) is 0 Å². The second-order valence-corrected chi connectivity index (χ2v) is 8.94. The first-order chi connectivity index (χ1) is 14.5. The highest BCUT2D eigenvalue weighted by molar-refractivity contribution is 5.83. The molecule has 1 aliphatic heterocycles. The fourth-order valence-electron chi connectivity index (χ4n) is 4.57. The summed E-state index contributed by atoms with van der Waals surface area (Å²) in [6.45, 7) is 9.52. The van der Waals surface area contributed by atoms with Crippen molar-refractivity contribution in [2.45, 2.75) is 52.9 Å². The van der Waals surface area contributed by atoms with Crippen LogP contribution in [0.4, 0.5) is 0 Å². The molecule has 30 heavy (non-hydrogen) atoms. The minimum atomic E-state index is 0.722. The van der Waals surface area contributed by atoms with Gasteiger partial charge in [-0.15, -0.1) is 0 Å². The smallest absolute Gasteiger partial charge is 0.216 e. The van der Waals surface area contributed by atoms with Crippen molar-refractivity contribution >= 4 is 11.0 Å². The van der Waals surface area contributed by atoms with Crippen LogP contribution >= 0.6 is 0 Å². The number of benzene rings is 1. The Morgan fingerprint density at radius 2 is 1.93 bits per heavy atom. The number of nitrogens with zero attached hydrogens (tertiary/aromatic N) is 3. The van der Waals surface area contributed by atoms with Crippen LogP contribution in [0.2, 0.25) is 0 Å². The van der Waals surface area contributed by atoms with E-state index in [1.807, 2.05) is 12.3 Å². The van der Waals surface area contributed by atoms with E-state index in [0.29, 0.717) is 0 Å². The van der Waals surface area contributed by atoms with Crippen LogP contribution in [0, 0.1) is 26.7 Å². The Morgan fingerprint density at radius 1 is 1.13 bits per heavy atom. The zero-order valence-electron chi connectivity index (χ0n) is 18.8. The molecule has 0 aliphatic carbocycles. The van der Waals surface area contributed by atoms with E-state index >= 15 is 0 Å². The molecule has 2 aromatic heterocycles.